The van der Waals surface area contributed by atoms with Crippen molar-refractivity contribution in [1.29, 1.82) is 0 Å². The second kappa shape index (κ2) is 4.44. The molecule has 1 aromatic rings. The summed E-state index contributed by atoms with van der Waals surface area (Å²) >= 11 is 0. The normalized spacial score (nSPS) is 33.8. The number of hydrogen-bond donors (Lipinski definition) is 0. The van der Waals surface area contributed by atoms with Gasteiger partial charge in [-0.25, -0.2) is 0 Å². The van der Waals surface area contributed by atoms with Gasteiger partial charge in [0.05, 0.1) is 20.3 Å². The largest absolute Gasteiger partial charge is 0.347 e. The highest BCUT2D eigenvalue weighted by Gasteiger charge is 2.57. The van der Waals surface area contributed by atoms with Gasteiger partial charge in [-0.2, -0.15) is 0 Å². The molecule has 0 aliphatic carbocycles. The quantitative estimate of drug-likeness (QED) is 0.786. The van der Waals surface area contributed by atoms with E-state index in [1.165, 1.54) is 17.7 Å². The van der Waals surface area contributed by atoms with E-state index in [-0.39, 0.29) is 11.4 Å². The van der Waals surface area contributed by atoms with E-state index < -0.39 is 8.07 Å². The third-order valence-electron chi connectivity index (χ3n) is 4.82. The van der Waals surface area contributed by atoms with Crippen LogP contribution in [0.15, 0.2) is 30.3 Å². The molecule has 0 N–H and O–H groups in total. The summed E-state index contributed by atoms with van der Waals surface area (Å²) < 4.78 is 12.3. The van der Waals surface area contributed by atoms with Crippen molar-refractivity contribution in [3.8, 4) is 0 Å². The fourth-order valence-corrected chi connectivity index (χ4v) is 6.97. The van der Waals surface area contributed by atoms with Gasteiger partial charge in [0.2, 0.25) is 0 Å². The van der Waals surface area contributed by atoms with Gasteiger partial charge in [-0.05, 0) is 18.9 Å². The van der Waals surface area contributed by atoms with Gasteiger partial charge in [0.1, 0.15) is 0 Å². The number of hydrogen-bond acceptors (Lipinski definition) is 2. The molecule has 2 saturated heterocycles. The predicted octanol–water partition coefficient (Wildman–Crippen LogP) is 3.29. The zero-order chi connectivity index (χ0) is 13.6. The average molecular weight is 276 g/mol. The van der Waals surface area contributed by atoms with E-state index in [1.807, 2.05) is 0 Å². The van der Waals surface area contributed by atoms with Gasteiger partial charge in [-0.15, -0.1) is 0 Å². The first-order valence-electron chi connectivity index (χ1n) is 7.39. The van der Waals surface area contributed by atoms with E-state index in [4.69, 9.17) is 9.47 Å². The summed E-state index contributed by atoms with van der Waals surface area (Å²) in [6.07, 6.45) is 3.22. The van der Waals surface area contributed by atoms with E-state index in [0.717, 1.165) is 19.4 Å². The maximum atomic E-state index is 6.37. The first kappa shape index (κ1) is 13.3. The predicted molar refractivity (Wildman–Crippen MR) is 80.4 cm³/mol. The molecule has 2 heterocycles. The standard InChI is InChI=1S/C16H24O2Si/c1-4-16-11-10-15(18-16,12-17-16)13-19(2,3)14-8-6-5-7-9-14/h5-9H,4,10-13H2,1-3H3. The van der Waals surface area contributed by atoms with Crippen LogP contribution in [-0.4, -0.2) is 26.1 Å². The maximum Gasteiger partial charge on any atom is 0.169 e. The molecule has 2 unspecified atom stereocenters. The summed E-state index contributed by atoms with van der Waals surface area (Å²) in [7, 11) is -1.46. The molecule has 0 amide bonds. The maximum absolute atomic E-state index is 6.37. The second-order valence-corrected chi connectivity index (χ2v) is 11.5. The molecule has 3 rings (SSSR count). The smallest absolute Gasteiger partial charge is 0.169 e. The Kier molecular flexibility index (Phi) is 3.12. The summed E-state index contributed by atoms with van der Waals surface area (Å²) in [4.78, 5) is 0. The first-order valence-corrected chi connectivity index (χ1v) is 10.6. The van der Waals surface area contributed by atoms with Crippen molar-refractivity contribution in [1.82, 2.24) is 0 Å². The Morgan fingerprint density at radius 1 is 1.16 bits per heavy atom. The van der Waals surface area contributed by atoms with E-state index in [0.29, 0.717) is 0 Å². The fourth-order valence-electron chi connectivity index (χ4n) is 3.70. The van der Waals surface area contributed by atoms with Gasteiger partial charge in [0, 0.05) is 6.42 Å². The monoisotopic (exact) mass is 276 g/mol. The summed E-state index contributed by atoms with van der Waals surface area (Å²) in [5, 5.41) is 1.52. The lowest BCUT2D eigenvalue weighted by Gasteiger charge is -2.32. The van der Waals surface area contributed by atoms with Crippen molar-refractivity contribution in [3.63, 3.8) is 0 Å². The molecule has 0 radical (unpaired) electrons. The van der Waals surface area contributed by atoms with Crippen molar-refractivity contribution >= 4 is 13.3 Å². The molecule has 0 spiro atoms. The van der Waals surface area contributed by atoms with Crippen LogP contribution in [-0.2, 0) is 9.47 Å². The highest BCUT2D eigenvalue weighted by molar-refractivity contribution is 6.90. The fraction of sp³-hybridized carbons (Fsp3) is 0.625. The van der Waals surface area contributed by atoms with Crippen molar-refractivity contribution < 1.29 is 9.47 Å². The molecule has 1 aromatic carbocycles. The van der Waals surface area contributed by atoms with Crippen LogP contribution >= 0.6 is 0 Å². The highest BCUT2D eigenvalue weighted by Crippen LogP contribution is 2.50. The Labute approximate surface area is 117 Å². The topological polar surface area (TPSA) is 18.5 Å². The third kappa shape index (κ3) is 2.28. The van der Waals surface area contributed by atoms with Crippen LogP contribution < -0.4 is 5.19 Å². The van der Waals surface area contributed by atoms with Gasteiger partial charge in [-0.1, -0.05) is 55.5 Å². The zero-order valence-electron chi connectivity index (χ0n) is 12.2. The van der Waals surface area contributed by atoms with Crippen LogP contribution in [0.4, 0.5) is 0 Å². The number of fused-ring (bicyclic) bond motifs is 2. The Hall–Kier alpha value is -0.643. The number of benzene rings is 1. The average Bonchev–Trinajstić information content (AvgIpc) is 2.95. The van der Waals surface area contributed by atoms with Crippen LogP contribution in [0.3, 0.4) is 0 Å². The molecule has 2 fully saturated rings. The SMILES string of the molecule is CCC12CCC(C[Si](C)(C)c3ccccc3)(CO1)O2. The molecule has 2 bridgehead atoms. The van der Waals surface area contributed by atoms with Crippen molar-refractivity contribution in [3.05, 3.63) is 30.3 Å². The lowest BCUT2D eigenvalue weighted by molar-refractivity contribution is -0.153. The molecule has 0 aromatic heterocycles. The van der Waals surface area contributed by atoms with Crippen LogP contribution in [0.2, 0.25) is 19.1 Å². The van der Waals surface area contributed by atoms with E-state index in [9.17, 15) is 0 Å². The van der Waals surface area contributed by atoms with Crippen molar-refractivity contribution in [2.24, 2.45) is 0 Å². The Balaban J connectivity index is 1.79. The lowest BCUT2D eigenvalue weighted by atomic mass is 9.99. The molecule has 3 heteroatoms. The summed E-state index contributed by atoms with van der Waals surface area (Å²) in [5.74, 6) is -0.249. The second-order valence-electron chi connectivity index (χ2n) is 6.76. The minimum atomic E-state index is -1.46. The zero-order valence-corrected chi connectivity index (χ0v) is 13.2. The van der Waals surface area contributed by atoms with Gasteiger partial charge in [-0.3, -0.25) is 0 Å². The van der Waals surface area contributed by atoms with Gasteiger partial charge >= 0.3 is 0 Å². The molecular weight excluding hydrogens is 252 g/mol. The van der Waals surface area contributed by atoms with E-state index >= 15 is 0 Å². The Bertz CT molecular complexity index is 447. The highest BCUT2D eigenvalue weighted by atomic mass is 28.3. The minimum Gasteiger partial charge on any atom is -0.347 e. The number of ether oxygens (including phenoxy) is 2. The molecule has 2 aliphatic heterocycles. The minimum absolute atomic E-state index is 0.00156. The number of rotatable bonds is 4. The van der Waals surface area contributed by atoms with Gasteiger partial charge in [0.15, 0.2) is 5.79 Å². The Morgan fingerprint density at radius 2 is 1.89 bits per heavy atom. The van der Waals surface area contributed by atoms with E-state index in [1.54, 1.807) is 0 Å². The molecule has 2 atom stereocenters. The Morgan fingerprint density at radius 3 is 2.42 bits per heavy atom. The molecule has 0 saturated carbocycles. The summed E-state index contributed by atoms with van der Waals surface area (Å²) in [6, 6.07) is 12.1. The van der Waals surface area contributed by atoms with Crippen LogP contribution in [0.5, 0.6) is 0 Å². The first-order chi connectivity index (χ1) is 8.99. The summed E-state index contributed by atoms with van der Waals surface area (Å²) in [6.45, 7) is 7.86. The van der Waals surface area contributed by atoms with Crippen molar-refractivity contribution in [2.75, 3.05) is 6.61 Å². The van der Waals surface area contributed by atoms with Crippen LogP contribution in [0, 0.1) is 0 Å². The van der Waals surface area contributed by atoms with E-state index in [2.05, 4.69) is 50.3 Å². The van der Waals surface area contributed by atoms with Crippen molar-refractivity contribution in [2.45, 2.75) is 56.7 Å². The molecule has 2 nitrogen and oxygen atoms in total. The van der Waals surface area contributed by atoms with Crippen LogP contribution in [0.25, 0.3) is 0 Å². The van der Waals surface area contributed by atoms with Gasteiger partial charge in [0.25, 0.3) is 0 Å². The van der Waals surface area contributed by atoms with Crippen LogP contribution in [0.1, 0.15) is 26.2 Å². The lowest BCUT2D eigenvalue weighted by Crippen LogP contribution is -2.48. The molecule has 104 valence electrons. The third-order valence-corrected chi connectivity index (χ3v) is 8.24. The molecular formula is C16H24O2Si. The molecule has 19 heavy (non-hydrogen) atoms. The van der Waals surface area contributed by atoms with Gasteiger partial charge < -0.3 is 9.47 Å². The molecule has 2 aliphatic rings. The summed E-state index contributed by atoms with van der Waals surface area (Å²) in [5.41, 5.74) is 0.00156.